The van der Waals surface area contributed by atoms with E-state index in [9.17, 15) is 9.59 Å². The fraction of sp³-hybridized carbons (Fsp3) is 0.381. The normalized spacial score (nSPS) is 10.4. The first-order valence-electron chi connectivity index (χ1n) is 10.2. The number of carbonyl (C=O) groups is 2. The van der Waals surface area contributed by atoms with Gasteiger partial charge in [-0.05, 0) is 43.2 Å². The van der Waals surface area contributed by atoms with Crippen LogP contribution >= 0.6 is 11.6 Å². The number of halogens is 1. The van der Waals surface area contributed by atoms with E-state index in [2.05, 4.69) is 49.6 Å². The lowest BCUT2D eigenvalue weighted by Crippen LogP contribution is -2.41. The minimum absolute atomic E-state index is 0.0675. The van der Waals surface area contributed by atoms with Crippen LogP contribution in [0.5, 0.6) is 0 Å². The lowest BCUT2D eigenvalue weighted by molar-refractivity contribution is -0.140. The molecule has 1 aromatic heterocycles. The molecule has 1 amide bonds. The molecule has 0 aliphatic heterocycles. The van der Waals surface area contributed by atoms with Crippen molar-refractivity contribution in [1.29, 1.82) is 5.41 Å². The molecule has 0 saturated carbocycles. The number of nitrogens with zero attached hydrogens (tertiary/aromatic N) is 2. The van der Waals surface area contributed by atoms with Gasteiger partial charge in [0.05, 0.1) is 7.11 Å². The summed E-state index contributed by atoms with van der Waals surface area (Å²) in [5, 5.41) is 12.9. The molecule has 0 aliphatic carbocycles. The van der Waals surface area contributed by atoms with Crippen LogP contribution in [0.2, 0.25) is 5.15 Å². The Balaban J connectivity index is 1.65. The molecule has 0 fully saturated rings. The highest BCUT2D eigenvalue weighted by Gasteiger charge is 2.16. The second-order valence-corrected chi connectivity index (χ2v) is 7.45. The molecule has 172 valence electrons. The van der Waals surface area contributed by atoms with Gasteiger partial charge in [0.25, 0.3) is 5.91 Å². The highest BCUT2D eigenvalue weighted by atomic mass is 35.5. The van der Waals surface area contributed by atoms with E-state index in [1.165, 1.54) is 18.2 Å². The Kier molecular flexibility index (Phi) is 9.68. The van der Waals surface area contributed by atoms with Gasteiger partial charge in [-0.1, -0.05) is 35.9 Å². The Morgan fingerprint density at radius 1 is 1.03 bits per heavy atom. The lowest BCUT2D eigenvalue weighted by atomic mass is 10.0. The summed E-state index contributed by atoms with van der Waals surface area (Å²) in [6.07, 6.45) is 4.67. The molecule has 0 aliphatic rings. The smallest absolute Gasteiger partial charge is 0.305 e. The van der Waals surface area contributed by atoms with Crippen LogP contribution in [-0.4, -0.2) is 41.5 Å². The first-order valence-corrected chi connectivity index (χ1v) is 10.5. The molecular weight excluding hydrogens is 434 g/mol. The first-order chi connectivity index (χ1) is 15.3. The maximum absolute atomic E-state index is 12.2. The number of esters is 1. The van der Waals surface area contributed by atoms with Crippen molar-refractivity contribution in [2.45, 2.75) is 38.5 Å². The van der Waals surface area contributed by atoms with Gasteiger partial charge in [-0.25, -0.2) is 9.97 Å². The van der Waals surface area contributed by atoms with Crippen molar-refractivity contribution in [3.63, 3.8) is 0 Å². The minimum atomic E-state index is -0.693. The van der Waals surface area contributed by atoms with Crippen molar-refractivity contribution in [2.75, 3.05) is 25.1 Å². The van der Waals surface area contributed by atoms with E-state index in [0.717, 1.165) is 32.1 Å². The highest BCUT2D eigenvalue weighted by molar-refractivity contribution is 6.31. The highest BCUT2D eigenvalue weighted by Crippen LogP contribution is 2.17. The number of nitrogens with one attached hydrogen (secondary N) is 3. The predicted octanol–water partition coefficient (Wildman–Crippen LogP) is 2.07. The number of benzene rings is 1. The summed E-state index contributed by atoms with van der Waals surface area (Å²) in [4.78, 5) is 30.8. The topological polar surface area (TPSA) is 169 Å². The zero-order chi connectivity index (χ0) is 23.5. The molecule has 1 aromatic carbocycles. The number of unbranched alkanes of at least 4 members (excludes halogenated alkanes) is 1. The molecule has 0 unspecified atom stereocenters. The largest absolute Gasteiger partial charge is 0.469 e. The number of hydrogen-bond donors (Lipinski definition) is 5. The van der Waals surface area contributed by atoms with Crippen LogP contribution in [0, 0.1) is 5.41 Å². The number of aromatic nitrogens is 2. The number of guanidine groups is 1. The first kappa shape index (κ1) is 24.9. The van der Waals surface area contributed by atoms with Crippen molar-refractivity contribution in [2.24, 2.45) is 0 Å². The SMILES string of the molecule is COC(=O)CCCc1ccc(CCCCNC(=N)NC(=O)c2nc(Cl)c(N)nc2N)cc1. The van der Waals surface area contributed by atoms with Gasteiger partial charge in [0, 0.05) is 13.0 Å². The van der Waals surface area contributed by atoms with Gasteiger partial charge in [0.15, 0.2) is 28.4 Å². The monoisotopic (exact) mass is 461 g/mol. The summed E-state index contributed by atoms with van der Waals surface area (Å²) in [6, 6.07) is 8.33. The van der Waals surface area contributed by atoms with Crippen molar-refractivity contribution >= 4 is 41.1 Å². The number of aryl methyl sites for hydroxylation is 2. The molecule has 0 spiro atoms. The van der Waals surface area contributed by atoms with Crippen molar-refractivity contribution in [3.05, 3.63) is 46.2 Å². The molecule has 0 bridgehead atoms. The Bertz CT molecular complexity index is 951. The number of anilines is 2. The second kappa shape index (κ2) is 12.5. The van der Waals surface area contributed by atoms with Crippen LogP contribution in [0.1, 0.15) is 47.3 Å². The number of rotatable bonds is 10. The number of amides is 1. The van der Waals surface area contributed by atoms with Crippen LogP contribution in [0.15, 0.2) is 24.3 Å². The number of nitrogen functional groups attached to an aromatic ring is 2. The second-order valence-electron chi connectivity index (χ2n) is 7.09. The van der Waals surface area contributed by atoms with Crippen LogP contribution in [0.3, 0.4) is 0 Å². The summed E-state index contributed by atoms with van der Waals surface area (Å²) in [6.45, 7) is 0.522. The standard InChI is InChI=1S/C21H28ClN7O3/c1-32-15(30)7-4-6-14-10-8-13(9-11-14)5-2-3-12-26-21(25)29-20(31)16-18(23)28-19(24)17(22)27-16/h8-11H,2-7,12H2,1H3,(H4,23,24,28)(H3,25,26,29,31). The summed E-state index contributed by atoms with van der Waals surface area (Å²) in [7, 11) is 1.40. The molecule has 32 heavy (non-hydrogen) atoms. The quantitative estimate of drug-likeness (QED) is 0.155. The maximum Gasteiger partial charge on any atom is 0.305 e. The predicted molar refractivity (Wildman–Crippen MR) is 123 cm³/mol. The van der Waals surface area contributed by atoms with E-state index in [1.54, 1.807) is 0 Å². The zero-order valence-electron chi connectivity index (χ0n) is 17.9. The molecular formula is C21H28ClN7O3. The third-order valence-electron chi connectivity index (χ3n) is 4.65. The van der Waals surface area contributed by atoms with E-state index in [-0.39, 0.29) is 34.4 Å². The molecule has 0 saturated heterocycles. The van der Waals surface area contributed by atoms with E-state index < -0.39 is 5.91 Å². The zero-order valence-corrected chi connectivity index (χ0v) is 18.7. The van der Waals surface area contributed by atoms with Crippen molar-refractivity contribution in [3.8, 4) is 0 Å². The fourth-order valence-electron chi connectivity index (χ4n) is 2.90. The number of nitrogens with two attached hydrogens (primary N) is 2. The molecule has 10 nitrogen and oxygen atoms in total. The van der Waals surface area contributed by atoms with Crippen LogP contribution in [0.4, 0.5) is 11.6 Å². The molecule has 0 radical (unpaired) electrons. The average molecular weight is 462 g/mol. The van der Waals surface area contributed by atoms with E-state index >= 15 is 0 Å². The molecule has 11 heteroatoms. The van der Waals surface area contributed by atoms with Crippen molar-refractivity contribution in [1.82, 2.24) is 20.6 Å². The fourth-order valence-corrected chi connectivity index (χ4v) is 3.03. The Morgan fingerprint density at radius 2 is 1.66 bits per heavy atom. The van der Waals surface area contributed by atoms with Crippen LogP contribution < -0.4 is 22.1 Å². The summed E-state index contributed by atoms with van der Waals surface area (Å²) in [5.41, 5.74) is 13.3. The maximum atomic E-state index is 12.2. The third-order valence-corrected chi connectivity index (χ3v) is 4.93. The summed E-state index contributed by atoms with van der Waals surface area (Å²) >= 11 is 5.76. The van der Waals surface area contributed by atoms with Gasteiger partial charge in [0.1, 0.15) is 0 Å². The molecule has 7 N–H and O–H groups in total. The van der Waals surface area contributed by atoms with Crippen molar-refractivity contribution < 1.29 is 14.3 Å². The Morgan fingerprint density at radius 3 is 2.28 bits per heavy atom. The number of carbonyl (C=O) groups excluding carboxylic acids is 2. The van der Waals surface area contributed by atoms with Gasteiger partial charge in [-0.15, -0.1) is 0 Å². The van der Waals surface area contributed by atoms with Gasteiger partial charge < -0.3 is 21.5 Å². The molecule has 1 heterocycles. The Labute approximate surface area is 191 Å². The van der Waals surface area contributed by atoms with Gasteiger partial charge in [0.2, 0.25) is 0 Å². The van der Waals surface area contributed by atoms with E-state index in [4.69, 9.17) is 28.5 Å². The molecule has 0 atom stereocenters. The summed E-state index contributed by atoms with van der Waals surface area (Å²) < 4.78 is 4.64. The number of hydrogen-bond acceptors (Lipinski definition) is 8. The van der Waals surface area contributed by atoms with Gasteiger partial charge in [-0.2, -0.15) is 0 Å². The van der Waals surface area contributed by atoms with Crippen LogP contribution in [-0.2, 0) is 22.4 Å². The molecule has 2 aromatic rings. The third kappa shape index (κ3) is 8.03. The van der Waals surface area contributed by atoms with E-state index in [0.29, 0.717) is 13.0 Å². The minimum Gasteiger partial charge on any atom is -0.469 e. The molecule has 2 rings (SSSR count). The van der Waals surface area contributed by atoms with E-state index in [1.807, 2.05) is 0 Å². The average Bonchev–Trinajstić information content (AvgIpc) is 2.76. The Hall–Kier alpha value is -3.40. The number of methoxy groups -OCH3 is 1. The summed E-state index contributed by atoms with van der Waals surface area (Å²) in [5.74, 6) is -1.27. The van der Waals surface area contributed by atoms with Gasteiger partial charge >= 0.3 is 5.97 Å². The lowest BCUT2D eigenvalue weighted by Gasteiger charge is -2.10. The van der Waals surface area contributed by atoms with Crippen LogP contribution in [0.25, 0.3) is 0 Å². The number of ether oxygens (including phenoxy) is 1. The van der Waals surface area contributed by atoms with Gasteiger partial charge in [-0.3, -0.25) is 20.3 Å².